The highest BCUT2D eigenvalue weighted by Crippen LogP contribution is 2.28. The van der Waals surface area contributed by atoms with E-state index in [2.05, 4.69) is 10.6 Å². The third kappa shape index (κ3) is 4.52. The maximum absolute atomic E-state index is 11.6. The van der Waals surface area contributed by atoms with Gasteiger partial charge in [0.1, 0.15) is 5.75 Å². The zero-order valence-electron chi connectivity index (χ0n) is 11.1. The Hall–Kier alpha value is -1.62. The molecule has 1 aliphatic carbocycles. The number of ether oxygens (including phenoxy) is 1. The zero-order valence-corrected chi connectivity index (χ0v) is 11.9. The van der Waals surface area contributed by atoms with Crippen molar-refractivity contribution in [2.75, 3.05) is 5.32 Å². The summed E-state index contributed by atoms with van der Waals surface area (Å²) >= 11 is 5.11. The lowest BCUT2D eigenvalue weighted by molar-refractivity contribution is -0.120. The fourth-order valence-corrected chi connectivity index (χ4v) is 1.86. The van der Waals surface area contributed by atoms with Gasteiger partial charge in [-0.25, -0.2) is 0 Å². The van der Waals surface area contributed by atoms with Crippen LogP contribution in [0.2, 0.25) is 0 Å². The molecule has 1 aliphatic rings. The lowest BCUT2D eigenvalue weighted by Crippen LogP contribution is -2.35. The normalized spacial score (nSPS) is 14.1. The van der Waals surface area contributed by atoms with Crippen LogP contribution in [0.25, 0.3) is 0 Å². The number of hydrogen-bond acceptors (Lipinski definition) is 3. The first-order chi connectivity index (χ1) is 9.04. The molecule has 19 heavy (non-hydrogen) atoms. The van der Waals surface area contributed by atoms with Gasteiger partial charge < -0.3 is 15.4 Å². The first-order valence-electron chi connectivity index (χ1n) is 6.43. The molecule has 1 aromatic carbocycles. The summed E-state index contributed by atoms with van der Waals surface area (Å²) in [5, 5.41) is 6.01. The Kier molecular flexibility index (Phi) is 4.37. The van der Waals surface area contributed by atoms with Crippen molar-refractivity contribution in [1.82, 2.24) is 5.32 Å². The third-order valence-corrected chi connectivity index (χ3v) is 2.85. The minimum Gasteiger partial charge on any atom is -0.491 e. The summed E-state index contributed by atoms with van der Waals surface area (Å²) in [6.45, 7) is 3.95. The number of thiocarbonyl (C=S) groups is 1. The molecule has 0 unspecified atom stereocenters. The van der Waals surface area contributed by atoms with E-state index in [0.717, 1.165) is 24.3 Å². The van der Waals surface area contributed by atoms with Crippen molar-refractivity contribution in [3.8, 4) is 5.75 Å². The number of carbonyl (C=O) groups excluding carboxylic acids is 1. The molecule has 0 radical (unpaired) electrons. The zero-order chi connectivity index (χ0) is 13.8. The molecule has 0 aromatic heterocycles. The topological polar surface area (TPSA) is 50.4 Å². The molecule has 102 valence electrons. The average Bonchev–Trinajstić information content (AvgIpc) is 3.11. The first-order valence-corrected chi connectivity index (χ1v) is 6.84. The Morgan fingerprint density at radius 3 is 2.79 bits per heavy atom. The first kappa shape index (κ1) is 13.8. The summed E-state index contributed by atoms with van der Waals surface area (Å²) in [6.07, 6.45) is 2.05. The van der Waals surface area contributed by atoms with Gasteiger partial charge in [-0.05, 0) is 51.0 Å². The second-order valence-corrected chi connectivity index (χ2v) is 5.32. The Balaban J connectivity index is 1.90. The van der Waals surface area contributed by atoms with Gasteiger partial charge in [-0.2, -0.15) is 0 Å². The molecule has 1 fully saturated rings. The van der Waals surface area contributed by atoms with E-state index in [9.17, 15) is 4.79 Å². The predicted octanol–water partition coefficient (Wildman–Crippen LogP) is 2.70. The SMILES string of the molecule is CC(C)Oc1cccc(NC(=S)NC(=O)C2CC2)c1. The average molecular weight is 278 g/mol. The molecular formula is C14H18N2O2S. The van der Waals surface area contributed by atoms with Crippen LogP contribution in [0, 0.1) is 5.92 Å². The third-order valence-electron chi connectivity index (χ3n) is 2.65. The van der Waals surface area contributed by atoms with Crippen molar-refractivity contribution >= 4 is 28.9 Å². The monoisotopic (exact) mass is 278 g/mol. The van der Waals surface area contributed by atoms with Crippen LogP contribution in [0.4, 0.5) is 5.69 Å². The van der Waals surface area contributed by atoms with Gasteiger partial charge in [0.15, 0.2) is 5.11 Å². The van der Waals surface area contributed by atoms with E-state index in [-0.39, 0.29) is 17.9 Å². The Morgan fingerprint density at radius 1 is 1.42 bits per heavy atom. The number of rotatable bonds is 4. The highest BCUT2D eigenvalue weighted by atomic mass is 32.1. The molecule has 2 N–H and O–H groups in total. The van der Waals surface area contributed by atoms with Crippen molar-refractivity contribution in [3.05, 3.63) is 24.3 Å². The lowest BCUT2D eigenvalue weighted by Gasteiger charge is -2.12. The van der Waals surface area contributed by atoms with Crippen LogP contribution in [-0.2, 0) is 4.79 Å². The number of amides is 1. The quantitative estimate of drug-likeness (QED) is 0.831. The molecule has 0 spiro atoms. The molecule has 0 aliphatic heterocycles. The van der Waals surface area contributed by atoms with Crippen molar-refractivity contribution in [2.45, 2.75) is 32.8 Å². The Labute approximate surface area is 118 Å². The number of hydrogen-bond donors (Lipinski definition) is 2. The van der Waals surface area contributed by atoms with Crippen LogP contribution in [0.5, 0.6) is 5.75 Å². The van der Waals surface area contributed by atoms with E-state index in [0.29, 0.717) is 5.11 Å². The van der Waals surface area contributed by atoms with Crippen molar-refractivity contribution in [3.63, 3.8) is 0 Å². The van der Waals surface area contributed by atoms with Gasteiger partial charge in [-0.3, -0.25) is 4.79 Å². The van der Waals surface area contributed by atoms with Crippen LogP contribution in [0.1, 0.15) is 26.7 Å². The van der Waals surface area contributed by atoms with E-state index >= 15 is 0 Å². The summed E-state index contributed by atoms with van der Waals surface area (Å²) in [4.78, 5) is 11.6. The summed E-state index contributed by atoms with van der Waals surface area (Å²) < 4.78 is 5.60. The molecule has 5 heteroatoms. The van der Waals surface area contributed by atoms with Gasteiger partial charge in [0.2, 0.25) is 5.91 Å². The molecular weight excluding hydrogens is 260 g/mol. The highest BCUT2D eigenvalue weighted by molar-refractivity contribution is 7.80. The van der Waals surface area contributed by atoms with Crippen LogP contribution < -0.4 is 15.4 Å². The lowest BCUT2D eigenvalue weighted by atomic mass is 10.3. The van der Waals surface area contributed by atoms with Crippen molar-refractivity contribution in [1.29, 1.82) is 0 Å². The molecule has 4 nitrogen and oxygen atoms in total. The van der Waals surface area contributed by atoms with E-state index in [1.807, 2.05) is 38.1 Å². The number of anilines is 1. The number of benzene rings is 1. The standard InChI is InChI=1S/C14H18N2O2S/c1-9(2)18-12-5-3-4-11(8-12)15-14(19)16-13(17)10-6-7-10/h3-5,8-10H,6-7H2,1-2H3,(H2,15,16,17,19). The van der Waals surface area contributed by atoms with Gasteiger partial charge in [-0.15, -0.1) is 0 Å². The van der Waals surface area contributed by atoms with Crippen molar-refractivity contribution < 1.29 is 9.53 Å². The molecule has 0 saturated heterocycles. The van der Waals surface area contributed by atoms with Gasteiger partial charge in [-0.1, -0.05) is 6.07 Å². The van der Waals surface area contributed by atoms with Gasteiger partial charge in [0.05, 0.1) is 6.10 Å². The fraction of sp³-hybridized carbons (Fsp3) is 0.429. The van der Waals surface area contributed by atoms with E-state index < -0.39 is 0 Å². The largest absolute Gasteiger partial charge is 0.491 e. The predicted molar refractivity (Wildman–Crippen MR) is 79.3 cm³/mol. The smallest absolute Gasteiger partial charge is 0.229 e. The Morgan fingerprint density at radius 2 is 2.16 bits per heavy atom. The number of nitrogens with one attached hydrogen (secondary N) is 2. The van der Waals surface area contributed by atoms with Crippen molar-refractivity contribution in [2.24, 2.45) is 5.92 Å². The van der Waals surface area contributed by atoms with E-state index in [4.69, 9.17) is 17.0 Å². The van der Waals surface area contributed by atoms with Crippen LogP contribution in [-0.4, -0.2) is 17.1 Å². The van der Waals surface area contributed by atoms with E-state index in [1.54, 1.807) is 0 Å². The second-order valence-electron chi connectivity index (χ2n) is 4.91. The summed E-state index contributed by atoms with van der Waals surface area (Å²) in [7, 11) is 0. The fourth-order valence-electron chi connectivity index (χ4n) is 1.64. The van der Waals surface area contributed by atoms with Gasteiger partial charge in [0, 0.05) is 17.7 Å². The Bertz CT molecular complexity index is 484. The van der Waals surface area contributed by atoms with Gasteiger partial charge in [0.25, 0.3) is 0 Å². The maximum atomic E-state index is 11.6. The molecule has 0 heterocycles. The van der Waals surface area contributed by atoms with E-state index in [1.165, 1.54) is 0 Å². The minimum atomic E-state index is 0.00656. The molecule has 1 aromatic rings. The number of carbonyl (C=O) groups is 1. The molecule has 2 rings (SSSR count). The van der Waals surface area contributed by atoms with Crippen LogP contribution in [0.15, 0.2) is 24.3 Å². The molecule has 0 atom stereocenters. The maximum Gasteiger partial charge on any atom is 0.229 e. The summed E-state index contributed by atoms with van der Waals surface area (Å²) in [5.41, 5.74) is 0.805. The molecule has 1 saturated carbocycles. The van der Waals surface area contributed by atoms with Crippen LogP contribution >= 0.6 is 12.2 Å². The highest BCUT2D eigenvalue weighted by Gasteiger charge is 2.29. The van der Waals surface area contributed by atoms with Gasteiger partial charge >= 0.3 is 0 Å². The summed E-state index contributed by atoms with van der Waals surface area (Å²) in [5.74, 6) is 0.929. The molecule has 0 bridgehead atoms. The second kappa shape index (κ2) is 6.02. The van der Waals surface area contributed by atoms with Crippen LogP contribution in [0.3, 0.4) is 0 Å². The summed E-state index contributed by atoms with van der Waals surface area (Å²) in [6, 6.07) is 7.50. The minimum absolute atomic E-state index is 0.00656. The molecule has 1 amide bonds.